The van der Waals surface area contributed by atoms with Crippen molar-refractivity contribution in [1.29, 1.82) is 0 Å². The lowest BCUT2D eigenvalue weighted by Gasteiger charge is -2.31. The van der Waals surface area contributed by atoms with Crippen LogP contribution in [0.1, 0.15) is 25.3 Å². The first-order valence-electron chi connectivity index (χ1n) is 9.92. The van der Waals surface area contributed by atoms with Gasteiger partial charge in [0.2, 0.25) is 5.91 Å². The third kappa shape index (κ3) is 8.31. The minimum absolute atomic E-state index is 0.0653. The molecule has 0 spiro atoms. The first kappa shape index (κ1) is 24.1. The van der Waals surface area contributed by atoms with Gasteiger partial charge in [-0.25, -0.2) is 0 Å². The first-order valence-corrected chi connectivity index (χ1v) is 11.3. The highest BCUT2D eigenvalue weighted by Gasteiger charge is 2.20. The van der Waals surface area contributed by atoms with Crippen LogP contribution in [0.25, 0.3) is 0 Å². The third-order valence-electron chi connectivity index (χ3n) is 4.85. The Morgan fingerprint density at radius 1 is 1.23 bits per heavy atom. The van der Waals surface area contributed by atoms with Gasteiger partial charge in [0, 0.05) is 25.8 Å². The maximum atomic E-state index is 12.1. The second-order valence-electron chi connectivity index (χ2n) is 7.55. The van der Waals surface area contributed by atoms with Crippen LogP contribution >= 0.6 is 24.0 Å². The maximum absolute atomic E-state index is 12.1. The Balaban J connectivity index is 1.64. The number of aryl methyl sites for hydroxylation is 1. The Bertz CT molecular complexity index is 762. The number of piperidine rings is 1. The number of nitrogens with one attached hydrogen (secondary N) is 1. The van der Waals surface area contributed by atoms with Crippen molar-refractivity contribution in [3.8, 4) is 0 Å². The average molecular weight is 452 g/mol. The van der Waals surface area contributed by atoms with Crippen molar-refractivity contribution >= 4 is 51.8 Å². The van der Waals surface area contributed by atoms with Crippen LogP contribution in [0.4, 0.5) is 5.69 Å². The summed E-state index contributed by atoms with van der Waals surface area (Å²) < 4.78 is 5.72. The van der Waals surface area contributed by atoms with E-state index < -0.39 is 18.5 Å². The highest BCUT2D eigenvalue weighted by Crippen LogP contribution is 2.20. The zero-order chi connectivity index (χ0) is 22.1. The van der Waals surface area contributed by atoms with E-state index in [0.717, 1.165) is 31.5 Å². The fraction of sp³-hybridized carbons (Fsp3) is 0.524. The number of amides is 2. The number of hydrogen-bond donors (Lipinski definition) is 1. The Morgan fingerprint density at radius 2 is 1.87 bits per heavy atom. The molecule has 1 aliphatic heterocycles. The summed E-state index contributed by atoms with van der Waals surface area (Å²) in [5, 5.41) is 2.72. The third-order valence-corrected chi connectivity index (χ3v) is 6.35. The predicted octanol–water partition coefficient (Wildman–Crippen LogP) is 2.69. The fourth-order valence-corrected chi connectivity index (χ4v) is 3.89. The van der Waals surface area contributed by atoms with Crippen LogP contribution in [0.3, 0.4) is 0 Å². The number of hydrogen-bond acceptors (Lipinski definition) is 6. The molecule has 1 aromatic rings. The lowest BCUT2D eigenvalue weighted by Crippen LogP contribution is -2.38. The van der Waals surface area contributed by atoms with Gasteiger partial charge >= 0.3 is 5.97 Å². The smallest absolute Gasteiger partial charge is 0.316 e. The van der Waals surface area contributed by atoms with Crippen LogP contribution in [0, 0.1) is 12.8 Å². The van der Waals surface area contributed by atoms with E-state index in [1.54, 1.807) is 12.1 Å². The van der Waals surface area contributed by atoms with Crippen molar-refractivity contribution in [2.24, 2.45) is 5.92 Å². The number of thiocarbonyl (C=S) groups is 1. The zero-order valence-corrected chi connectivity index (χ0v) is 19.3. The highest BCUT2D eigenvalue weighted by atomic mass is 32.2. The molecular weight excluding hydrogens is 422 g/mol. The normalized spacial score (nSPS) is 14.2. The van der Waals surface area contributed by atoms with Crippen molar-refractivity contribution in [1.82, 2.24) is 9.80 Å². The van der Waals surface area contributed by atoms with E-state index in [9.17, 15) is 14.4 Å². The molecule has 1 heterocycles. The van der Waals surface area contributed by atoms with E-state index in [2.05, 4.69) is 17.1 Å². The number of likely N-dealkylation sites (tertiary alicyclic amines) is 1. The number of nitrogens with zero attached hydrogens (tertiary/aromatic N) is 2. The molecule has 1 N–H and O–H groups in total. The van der Waals surface area contributed by atoms with Crippen LogP contribution in [0.2, 0.25) is 0 Å². The predicted molar refractivity (Wildman–Crippen MR) is 123 cm³/mol. The molecule has 0 aromatic heterocycles. The summed E-state index contributed by atoms with van der Waals surface area (Å²) in [5.41, 5.74) is 1.75. The van der Waals surface area contributed by atoms with Gasteiger partial charge in [-0.15, -0.1) is 0 Å². The van der Waals surface area contributed by atoms with Crippen molar-refractivity contribution < 1.29 is 19.1 Å². The molecular formula is C21H29N3O4S2. The van der Waals surface area contributed by atoms with Crippen LogP contribution in [-0.4, -0.2) is 70.9 Å². The number of likely N-dealkylation sites (N-methyl/N-ethyl adjacent to an activating group) is 1. The van der Waals surface area contributed by atoms with Crippen molar-refractivity contribution in [3.63, 3.8) is 0 Å². The Morgan fingerprint density at radius 3 is 2.50 bits per heavy atom. The second-order valence-corrected chi connectivity index (χ2v) is 9.16. The van der Waals surface area contributed by atoms with E-state index in [1.165, 1.54) is 23.7 Å². The SMILES string of the molecule is Cc1ccc(NC(=O)CN(C)C(=O)COC(=O)CSC(=S)N2CCC(C)CC2)cc1. The van der Waals surface area contributed by atoms with Crippen LogP contribution in [-0.2, 0) is 19.1 Å². The largest absolute Gasteiger partial charge is 0.455 e. The quantitative estimate of drug-likeness (QED) is 0.504. The van der Waals surface area contributed by atoms with E-state index in [-0.39, 0.29) is 18.2 Å². The van der Waals surface area contributed by atoms with Gasteiger partial charge < -0.3 is 19.9 Å². The number of thioether (sulfide) groups is 1. The summed E-state index contributed by atoms with van der Waals surface area (Å²) in [6.07, 6.45) is 2.20. The second kappa shape index (κ2) is 11.9. The molecule has 164 valence electrons. The number of anilines is 1. The monoisotopic (exact) mass is 451 g/mol. The van der Waals surface area contributed by atoms with Crippen molar-refractivity contribution in [2.75, 3.05) is 44.4 Å². The van der Waals surface area contributed by atoms with Crippen molar-refractivity contribution in [3.05, 3.63) is 29.8 Å². The number of rotatable bonds is 7. The number of esters is 1. The van der Waals surface area contributed by atoms with Gasteiger partial charge in [0.15, 0.2) is 6.61 Å². The van der Waals surface area contributed by atoms with Gasteiger partial charge in [0.05, 0.1) is 12.3 Å². The Kier molecular flexibility index (Phi) is 9.58. The van der Waals surface area contributed by atoms with Crippen LogP contribution in [0.15, 0.2) is 24.3 Å². The number of benzene rings is 1. The Hall–Kier alpha value is -2.13. The number of carbonyl (C=O) groups excluding carboxylic acids is 3. The van der Waals surface area contributed by atoms with Gasteiger partial charge in [-0.05, 0) is 37.8 Å². The molecule has 1 fully saturated rings. The Labute approximate surface area is 187 Å². The van der Waals surface area contributed by atoms with Crippen molar-refractivity contribution in [2.45, 2.75) is 26.7 Å². The van der Waals surface area contributed by atoms with Gasteiger partial charge in [-0.3, -0.25) is 14.4 Å². The first-order chi connectivity index (χ1) is 14.2. The maximum Gasteiger partial charge on any atom is 0.316 e. The molecule has 0 bridgehead atoms. The van der Waals surface area contributed by atoms with E-state index in [4.69, 9.17) is 17.0 Å². The number of carbonyl (C=O) groups is 3. The number of ether oxygens (including phenoxy) is 1. The highest BCUT2D eigenvalue weighted by molar-refractivity contribution is 8.23. The van der Waals surface area contributed by atoms with Gasteiger partial charge in [-0.2, -0.15) is 0 Å². The minimum atomic E-state index is -0.501. The molecule has 0 atom stereocenters. The molecule has 0 aliphatic carbocycles. The summed E-state index contributed by atoms with van der Waals surface area (Å²) in [6.45, 7) is 5.48. The molecule has 2 rings (SSSR count). The van der Waals surface area contributed by atoms with E-state index in [0.29, 0.717) is 15.9 Å². The summed E-state index contributed by atoms with van der Waals surface area (Å²) in [7, 11) is 1.49. The molecule has 0 radical (unpaired) electrons. The van der Waals surface area contributed by atoms with Crippen LogP contribution in [0.5, 0.6) is 0 Å². The zero-order valence-electron chi connectivity index (χ0n) is 17.7. The van der Waals surface area contributed by atoms with Gasteiger partial charge in [0.25, 0.3) is 5.91 Å². The van der Waals surface area contributed by atoms with Crippen LogP contribution < -0.4 is 5.32 Å². The molecule has 1 aromatic carbocycles. The lowest BCUT2D eigenvalue weighted by molar-refractivity contribution is -0.149. The molecule has 2 amide bonds. The van der Waals surface area contributed by atoms with Gasteiger partial charge in [-0.1, -0.05) is 48.6 Å². The molecule has 9 heteroatoms. The van der Waals surface area contributed by atoms with Gasteiger partial charge in [0.1, 0.15) is 4.32 Å². The summed E-state index contributed by atoms with van der Waals surface area (Å²) in [5.74, 6) is -0.493. The minimum Gasteiger partial charge on any atom is -0.455 e. The average Bonchev–Trinajstić information content (AvgIpc) is 2.72. The van der Waals surface area contributed by atoms with E-state index in [1.807, 2.05) is 19.1 Å². The molecule has 0 unspecified atom stereocenters. The summed E-state index contributed by atoms with van der Waals surface area (Å²) >= 11 is 6.64. The summed E-state index contributed by atoms with van der Waals surface area (Å²) in [6, 6.07) is 7.37. The standard InChI is InChI=1S/C21H29N3O4S2/c1-15-4-6-17(7-5-15)22-18(25)12-23(3)19(26)13-28-20(27)14-30-21(29)24-10-8-16(2)9-11-24/h4-7,16H,8-14H2,1-3H3,(H,22,25). The lowest BCUT2D eigenvalue weighted by atomic mass is 10.00. The topological polar surface area (TPSA) is 79.0 Å². The molecule has 0 saturated carbocycles. The molecule has 7 nitrogen and oxygen atoms in total. The molecule has 1 saturated heterocycles. The molecule has 30 heavy (non-hydrogen) atoms. The van der Waals surface area contributed by atoms with E-state index >= 15 is 0 Å². The fourth-order valence-electron chi connectivity index (χ4n) is 2.84. The molecule has 1 aliphatic rings. The summed E-state index contributed by atoms with van der Waals surface area (Å²) in [4.78, 5) is 39.5.